The van der Waals surface area contributed by atoms with Gasteiger partial charge >= 0.3 is 5.69 Å². The fourth-order valence-electron chi connectivity index (χ4n) is 4.26. The lowest BCUT2D eigenvalue weighted by Gasteiger charge is -2.28. The van der Waals surface area contributed by atoms with E-state index in [-0.39, 0.29) is 29.7 Å². The highest BCUT2D eigenvalue weighted by atomic mass is 16.2. The number of pyridine rings is 1. The van der Waals surface area contributed by atoms with Gasteiger partial charge in [0.2, 0.25) is 5.91 Å². The number of nitrogens with one attached hydrogen (secondary N) is 1. The first-order valence-corrected chi connectivity index (χ1v) is 9.73. The zero-order chi connectivity index (χ0) is 19.7. The summed E-state index contributed by atoms with van der Waals surface area (Å²) in [7, 11) is 1.75. The monoisotopic (exact) mass is 380 g/mol. The van der Waals surface area contributed by atoms with Crippen molar-refractivity contribution >= 4 is 23.5 Å². The number of carbonyl (C=O) groups is 2. The van der Waals surface area contributed by atoms with Crippen LogP contribution < -0.4 is 11.0 Å². The zero-order valence-corrected chi connectivity index (χ0v) is 15.9. The van der Waals surface area contributed by atoms with Crippen LogP contribution in [0.15, 0.2) is 35.4 Å². The molecule has 1 N–H and O–H groups in total. The number of hydrogen-bond donors (Lipinski definition) is 1. The highest BCUT2D eigenvalue weighted by Crippen LogP contribution is 2.31. The molecule has 0 spiro atoms. The Bertz CT molecular complexity index is 979. The first kappa shape index (κ1) is 18.4. The Balaban J connectivity index is 1.39. The van der Waals surface area contributed by atoms with Crippen molar-refractivity contribution < 1.29 is 9.59 Å². The number of aromatic nitrogens is 3. The van der Waals surface area contributed by atoms with Crippen LogP contribution in [0.3, 0.4) is 0 Å². The van der Waals surface area contributed by atoms with Crippen LogP contribution in [0.25, 0.3) is 6.08 Å². The van der Waals surface area contributed by atoms with E-state index in [1.54, 1.807) is 40.7 Å². The van der Waals surface area contributed by atoms with Crippen molar-refractivity contribution in [2.75, 3.05) is 5.32 Å². The molecule has 1 amide bonds. The van der Waals surface area contributed by atoms with Gasteiger partial charge in [-0.3, -0.25) is 23.7 Å². The Kier molecular flexibility index (Phi) is 4.98. The Hall–Kier alpha value is -2.96. The van der Waals surface area contributed by atoms with Gasteiger partial charge in [-0.05, 0) is 55.9 Å². The van der Waals surface area contributed by atoms with Crippen LogP contribution in [-0.2, 0) is 29.6 Å². The Morgan fingerprint density at radius 3 is 2.71 bits per heavy atom. The van der Waals surface area contributed by atoms with Gasteiger partial charge in [-0.25, -0.2) is 4.79 Å². The molecule has 0 aliphatic heterocycles. The summed E-state index contributed by atoms with van der Waals surface area (Å²) in [4.78, 5) is 40.9. The first-order chi connectivity index (χ1) is 13.5. The number of carbonyl (C=O) groups excluding carboxylic acids is 2. The average molecular weight is 380 g/mol. The van der Waals surface area contributed by atoms with Crippen LogP contribution in [0.4, 0.5) is 5.69 Å². The molecule has 7 nitrogen and oxygen atoms in total. The largest absolute Gasteiger partial charge is 0.328 e. The Labute approximate surface area is 163 Å². The van der Waals surface area contributed by atoms with Crippen LogP contribution in [0, 0.1) is 11.8 Å². The number of rotatable bonds is 4. The fourth-order valence-corrected chi connectivity index (χ4v) is 4.26. The molecule has 2 aliphatic rings. The second-order valence-electron chi connectivity index (χ2n) is 7.71. The van der Waals surface area contributed by atoms with Crippen molar-refractivity contribution in [1.29, 1.82) is 0 Å². The lowest BCUT2D eigenvalue weighted by Crippen LogP contribution is -2.31. The molecule has 7 heteroatoms. The fraction of sp³-hybridized carbons (Fsp3) is 0.429. The lowest BCUT2D eigenvalue weighted by atomic mass is 9.81. The van der Waals surface area contributed by atoms with E-state index in [4.69, 9.17) is 0 Å². The van der Waals surface area contributed by atoms with Crippen LogP contribution >= 0.6 is 0 Å². The zero-order valence-electron chi connectivity index (χ0n) is 15.9. The summed E-state index contributed by atoms with van der Waals surface area (Å²) in [5, 5.41) is 2.93. The SMILES string of the molecule is Cn1c2c(n(CC3CCC(C(=O)Nc4cccnc4)CC3)c1=O)CC(=O)C=C2. The Morgan fingerprint density at radius 2 is 2.00 bits per heavy atom. The third kappa shape index (κ3) is 3.56. The van der Waals surface area contributed by atoms with Crippen LogP contribution in [0.1, 0.15) is 37.1 Å². The number of amides is 1. The van der Waals surface area contributed by atoms with E-state index >= 15 is 0 Å². The molecule has 0 saturated heterocycles. The van der Waals surface area contributed by atoms with Gasteiger partial charge < -0.3 is 5.32 Å². The van der Waals surface area contributed by atoms with Gasteiger partial charge in [0.15, 0.2) is 5.78 Å². The van der Waals surface area contributed by atoms with Crippen LogP contribution in [0.5, 0.6) is 0 Å². The predicted molar refractivity (Wildman–Crippen MR) is 106 cm³/mol. The minimum absolute atomic E-state index is 0.0117. The van der Waals surface area contributed by atoms with Crippen LogP contribution in [0.2, 0.25) is 0 Å². The number of imidazole rings is 1. The van der Waals surface area contributed by atoms with Gasteiger partial charge in [0.1, 0.15) is 0 Å². The molecule has 1 saturated carbocycles. The maximum absolute atomic E-state index is 12.6. The topological polar surface area (TPSA) is 86.0 Å². The molecule has 0 bridgehead atoms. The maximum Gasteiger partial charge on any atom is 0.328 e. The van der Waals surface area contributed by atoms with E-state index in [0.29, 0.717) is 12.5 Å². The Morgan fingerprint density at radius 1 is 1.21 bits per heavy atom. The van der Waals surface area contributed by atoms with E-state index in [2.05, 4.69) is 10.3 Å². The normalized spacial score (nSPS) is 21.4. The summed E-state index contributed by atoms with van der Waals surface area (Å²) in [6.45, 7) is 0.611. The summed E-state index contributed by atoms with van der Waals surface area (Å²) in [5.41, 5.74) is 2.29. The predicted octanol–water partition coefficient (Wildman–Crippen LogP) is 2.17. The van der Waals surface area contributed by atoms with Crippen molar-refractivity contribution in [2.45, 2.75) is 38.6 Å². The molecule has 28 heavy (non-hydrogen) atoms. The van der Waals surface area contributed by atoms with E-state index in [1.807, 2.05) is 6.07 Å². The van der Waals surface area contributed by atoms with Gasteiger partial charge in [-0.2, -0.15) is 0 Å². The van der Waals surface area contributed by atoms with Gasteiger partial charge in [0.25, 0.3) is 0 Å². The molecule has 1 fully saturated rings. The van der Waals surface area contributed by atoms with E-state index < -0.39 is 0 Å². The number of allylic oxidation sites excluding steroid dienone is 1. The molecule has 2 aromatic rings. The van der Waals surface area contributed by atoms with Crippen molar-refractivity contribution in [3.8, 4) is 0 Å². The second-order valence-corrected chi connectivity index (χ2v) is 7.71. The lowest BCUT2D eigenvalue weighted by molar-refractivity contribution is -0.121. The molecule has 2 heterocycles. The highest BCUT2D eigenvalue weighted by molar-refractivity contribution is 5.97. The molecule has 0 aromatic carbocycles. The molecule has 0 unspecified atom stereocenters. The molecule has 0 atom stereocenters. The van der Waals surface area contributed by atoms with Crippen LogP contribution in [-0.4, -0.2) is 25.8 Å². The van der Waals surface area contributed by atoms with Crippen molar-refractivity contribution in [1.82, 2.24) is 14.1 Å². The summed E-state index contributed by atoms with van der Waals surface area (Å²) in [5.74, 6) is 0.397. The van der Waals surface area contributed by atoms with Crippen molar-refractivity contribution in [3.63, 3.8) is 0 Å². The smallest absolute Gasteiger partial charge is 0.324 e. The molecule has 0 radical (unpaired) electrons. The van der Waals surface area contributed by atoms with E-state index in [9.17, 15) is 14.4 Å². The second kappa shape index (κ2) is 7.58. The minimum Gasteiger partial charge on any atom is -0.324 e. The maximum atomic E-state index is 12.6. The number of ketones is 1. The highest BCUT2D eigenvalue weighted by Gasteiger charge is 2.29. The minimum atomic E-state index is -0.0687. The summed E-state index contributed by atoms with van der Waals surface area (Å²) in [6, 6.07) is 3.63. The molecule has 2 aliphatic carbocycles. The summed E-state index contributed by atoms with van der Waals surface area (Å²) < 4.78 is 3.38. The summed E-state index contributed by atoms with van der Waals surface area (Å²) >= 11 is 0. The van der Waals surface area contributed by atoms with Gasteiger partial charge in [-0.1, -0.05) is 0 Å². The number of nitrogens with zero attached hydrogens (tertiary/aromatic N) is 3. The summed E-state index contributed by atoms with van der Waals surface area (Å²) in [6.07, 6.45) is 10.3. The quantitative estimate of drug-likeness (QED) is 0.881. The van der Waals surface area contributed by atoms with Crippen molar-refractivity contribution in [2.24, 2.45) is 18.9 Å². The number of anilines is 1. The third-order valence-electron chi connectivity index (χ3n) is 5.86. The van der Waals surface area contributed by atoms with Gasteiger partial charge in [-0.15, -0.1) is 0 Å². The number of hydrogen-bond acceptors (Lipinski definition) is 4. The van der Waals surface area contributed by atoms with Crippen molar-refractivity contribution in [3.05, 3.63) is 52.5 Å². The standard InChI is InChI=1S/C21H24N4O3/c1-24-18-9-8-17(26)11-19(18)25(21(24)28)13-14-4-6-15(7-5-14)20(27)23-16-3-2-10-22-12-16/h2-3,8-10,12,14-15H,4-7,11,13H2,1H3,(H,23,27). The average Bonchev–Trinajstić information content (AvgIpc) is 2.93. The molecule has 4 rings (SSSR count). The van der Waals surface area contributed by atoms with Gasteiger partial charge in [0.05, 0.1) is 29.7 Å². The molecule has 146 valence electrons. The molecule has 2 aromatic heterocycles. The van der Waals surface area contributed by atoms with E-state index in [0.717, 1.165) is 42.8 Å². The molecular formula is C21H24N4O3. The third-order valence-corrected chi connectivity index (χ3v) is 5.86. The van der Waals surface area contributed by atoms with E-state index in [1.165, 1.54) is 6.08 Å². The van der Waals surface area contributed by atoms with Gasteiger partial charge in [0, 0.05) is 25.7 Å². The number of fused-ring (bicyclic) bond motifs is 1. The first-order valence-electron chi connectivity index (χ1n) is 9.73. The molecular weight excluding hydrogens is 356 g/mol.